The quantitative estimate of drug-likeness (QED) is 0.513. The average molecular weight is 164 g/mol. The monoisotopic (exact) mass is 164 g/mol. The third-order valence-corrected chi connectivity index (χ3v) is 0.692. The predicted molar refractivity (Wildman–Crippen MR) is 36.2 cm³/mol. The molecule has 1 heterocycles. The molecule has 1 saturated heterocycles. The molecule has 0 spiro atoms. The van der Waals surface area contributed by atoms with E-state index in [9.17, 15) is 4.79 Å². The Kier molecular flexibility index (Phi) is 6.70. The van der Waals surface area contributed by atoms with Gasteiger partial charge in [-0.2, -0.15) is 5.48 Å². The molecule has 0 aliphatic carbocycles. The summed E-state index contributed by atoms with van der Waals surface area (Å²) in [6.07, 6.45) is -0.711. The molecule has 0 unspecified atom stereocenters. The van der Waals surface area contributed by atoms with Crippen molar-refractivity contribution in [3.05, 3.63) is 0 Å². The van der Waals surface area contributed by atoms with Crippen molar-refractivity contribution in [2.45, 2.75) is 6.92 Å². The van der Waals surface area contributed by atoms with E-state index >= 15 is 0 Å². The van der Waals surface area contributed by atoms with E-state index in [-0.39, 0.29) is 0 Å². The molecule has 66 valence electrons. The summed E-state index contributed by atoms with van der Waals surface area (Å²) in [6.45, 7) is 3.53. The number of amides is 1. The van der Waals surface area contributed by atoms with E-state index in [2.05, 4.69) is 25.8 Å². The van der Waals surface area contributed by atoms with Gasteiger partial charge in [-0.15, -0.1) is 4.99 Å². The van der Waals surface area contributed by atoms with E-state index in [1.807, 2.05) is 0 Å². The van der Waals surface area contributed by atoms with Gasteiger partial charge in [-0.25, -0.2) is 9.68 Å². The number of ether oxygens (including phenoxy) is 1. The van der Waals surface area contributed by atoms with Crippen molar-refractivity contribution < 1.29 is 19.4 Å². The Hall–Kier alpha value is -0.850. The fraction of sp³-hybridized carbons (Fsp3) is 0.800. The van der Waals surface area contributed by atoms with Crippen LogP contribution in [0.4, 0.5) is 4.79 Å². The van der Waals surface area contributed by atoms with Crippen molar-refractivity contribution in [1.82, 2.24) is 5.48 Å². The number of primary amides is 1. The number of hydroxylamine groups is 1. The summed E-state index contributed by atoms with van der Waals surface area (Å²) in [7, 11) is 0. The van der Waals surface area contributed by atoms with Gasteiger partial charge in [-0.3, -0.25) is 0 Å². The largest absolute Gasteiger partial charge is 0.450 e. The molecular formula is C5H12N2O4. The van der Waals surface area contributed by atoms with E-state index in [1.54, 1.807) is 6.92 Å². The van der Waals surface area contributed by atoms with Gasteiger partial charge < -0.3 is 10.5 Å². The summed E-state index contributed by atoms with van der Waals surface area (Å²) < 4.78 is 4.18. The Morgan fingerprint density at radius 2 is 2.55 bits per heavy atom. The summed E-state index contributed by atoms with van der Waals surface area (Å²) in [5.74, 6) is 0. The van der Waals surface area contributed by atoms with E-state index in [4.69, 9.17) is 0 Å². The lowest BCUT2D eigenvalue weighted by Crippen LogP contribution is -2.11. The van der Waals surface area contributed by atoms with Crippen LogP contribution in [0, 0.1) is 0 Å². The van der Waals surface area contributed by atoms with Crippen LogP contribution in [0.25, 0.3) is 0 Å². The van der Waals surface area contributed by atoms with Crippen LogP contribution in [0.1, 0.15) is 6.92 Å². The fourth-order valence-electron chi connectivity index (χ4n) is 0.351. The average Bonchev–Trinajstić information content (AvgIpc) is 2.41. The highest BCUT2D eigenvalue weighted by Crippen LogP contribution is 1.78. The Bertz CT molecular complexity index is 97.0. The maximum absolute atomic E-state index is 9.60. The molecule has 0 radical (unpaired) electrons. The standard InChI is InChI=1S/C3H7NO2.C2H5NO2/c1-2-6-3(4)5;1-2-4-5-3-1/h2H2,1H3,(H2,4,5);3H,1-2H2. The van der Waals surface area contributed by atoms with E-state index < -0.39 is 6.09 Å². The number of carbonyl (C=O) groups excluding carboxylic acids is 1. The SMILES string of the molecule is C1COON1.CCOC(N)=O. The number of nitrogens with two attached hydrogens (primary N) is 1. The summed E-state index contributed by atoms with van der Waals surface area (Å²) >= 11 is 0. The maximum Gasteiger partial charge on any atom is 0.404 e. The van der Waals surface area contributed by atoms with Gasteiger partial charge in [0.1, 0.15) is 0 Å². The van der Waals surface area contributed by atoms with Crippen LogP contribution in [0.3, 0.4) is 0 Å². The van der Waals surface area contributed by atoms with Crippen LogP contribution in [-0.4, -0.2) is 25.9 Å². The minimum Gasteiger partial charge on any atom is -0.450 e. The number of carbonyl (C=O) groups is 1. The van der Waals surface area contributed by atoms with Gasteiger partial charge in [-0.1, -0.05) is 0 Å². The maximum atomic E-state index is 9.60. The van der Waals surface area contributed by atoms with Crippen molar-refractivity contribution in [3.8, 4) is 0 Å². The summed E-state index contributed by atoms with van der Waals surface area (Å²) in [5.41, 5.74) is 7.04. The molecule has 0 saturated carbocycles. The lowest BCUT2D eigenvalue weighted by atomic mass is 10.8. The highest BCUT2D eigenvalue weighted by molar-refractivity contribution is 5.64. The molecular weight excluding hydrogens is 152 g/mol. The topological polar surface area (TPSA) is 82.8 Å². The second kappa shape index (κ2) is 7.26. The summed E-state index contributed by atoms with van der Waals surface area (Å²) in [5, 5.41) is 0. The zero-order valence-electron chi connectivity index (χ0n) is 6.33. The van der Waals surface area contributed by atoms with E-state index in [1.165, 1.54) is 0 Å². The molecule has 1 aliphatic heterocycles. The number of rotatable bonds is 1. The lowest BCUT2D eigenvalue weighted by Gasteiger charge is -1.89. The first-order chi connectivity index (χ1) is 5.27. The van der Waals surface area contributed by atoms with E-state index in [0.717, 1.165) is 6.54 Å². The molecule has 1 amide bonds. The van der Waals surface area contributed by atoms with Crippen molar-refractivity contribution in [2.75, 3.05) is 19.8 Å². The molecule has 0 aromatic rings. The van der Waals surface area contributed by atoms with Crippen LogP contribution in [0.15, 0.2) is 0 Å². The van der Waals surface area contributed by atoms with Crippen LogP contribution < -0.4 is 11.2 Å². The second-order valence-electron chi connectivity index (χ2n) is 1.55. The van der Waals surface area contributed by atoms with Gasteiger partial charge in [0, 0.05) is 0 Å². The van der Waals surface area contributed by atoms with Crippen LogP contribution >= 0.6 is 0 Å². The number of hydrogen-bond donors (Lipinski definition) is 2. The van der Waals surface area contributed by atoms with Crippen molar-refractivity contribution in [1.29, 1.82) is 0 Å². The van der Waals surface area contributed by atoms with Crippen LogP contribution in [0.2, 0.25) is 0 Å². The van der Waals surface area contributed by atoms with Crippen molar-refractivity contribution >= 4 is 6.09 Å². The number of hydrogen-bond acceptors (Lipinski definition) is 5. The Labute approximate surface area is 64.5 Å². The van der Waals surface area contributed by atoms with Gasteiger partial charge in [0.25, 0.3) is 0 Å². The third kappa shape index (κ3) is 9.15. The zero-order chi connectivity index (χ0) is 8.53. The highest BCUT2D eigenvalue weighted by atomic mass is 17.3. The molecule has 1 rings (SSSR count). The van der Waals surface area contributed by atoms with E-state index in [0.29, 0.717) is 13.2 Å². The van der Waals surface area contributed by atoms with Gasteiger partial charge in [0.15, 0.2) is 0 Å². The number of nitrogens with one attached hydrogen (secondary N) is 1. The second-order valence-corrected chi connectivity index (χ2v) is 1.55. The molecule has 0 aromatic heterocycles. The summed E-state index contributed by atoms with van der Waals surface area (Å²) in [6, 6.07) is 0. The molecule has 1 aliphatic rings. The van der Waals surface area contributed by atoms with Crippen molar-refractivity contribution in [2.24, 2.45) is 5.73 Å². The first-order valence-electron chi connectivity index (χ1n) is 3.21. The Morgan fingerprint density at radius 3 is 2.64 bits per heavy atom. The normalized spacial score (nSPS) is 15.0. The Morgan fingerprint density at radius 1 is 1.82 bits per heavy atom. The van der Waals surface area contributed by atoms with Gasteiger partial charge in [-0.05, 0) is 6.92 Å². The molecule has 1 fully saturated rings. The summed E-state index contributed by atoms with van der Waals surface area (Å²) in [4.78, 5) is 18.1. The van der Waals surface area contributed by atoms with Crippen LogP contribution in [-0.2, 0) is 14.6 Å². The highest BCUT2D eigenvalue weighted by Gasteiger charge is 1.94. The van der Waals surface area contributed by atoms with Gasteiger partial charge >= 0.3 is 6.09 Å². The molecule has 0 bridgehead atoms. The molecule has 11 heavy (non-hydrogen) atoms. The minimum atomic E-state index is -0.711. The molecule has 6 heteroatoms. The van der Waals surface area contributed by atoms with Crippen molar-refractivity contribution in [3.63, 3.8) is 0 Å². The fourth-order valence-corrected chi connectivity index (χ4v) is 0.351. The molecule has 0 atom stereocenters. The molecule has 0 aromatic carbocycles. The first kappa shape index (κ1) is 10.2. The smallest absolute Gasteiger partial charge is 0.404 e. The molecule has 3 N–H and O–H groups in total. The minimum absolute atomic E-state index is 0.356. The zero-order valence-corrected chi connectivity index (χ0v) is 6.33. The third-order valence-electron chi connectivity index (χ3n) is 0.692. The first-order valence-corrected chi connectivity index (χ1v) is 3.21. The van der Waals surface area contributed by atoms with Gasteiger partial charge in [0.2, 0.25) is 0 Å². The predicted octanol–water partition coefficient (Wildman–Crippen LogP) is -0.446. The van der Waals surface area contributed by atoms with Gasteiger partial charge in [0.05, 0.1) is 19.8 Å². The van der Waals surface area contributed by atoms with Crippen LogP contribution in [0.5, 0.6) is 0 Å². The Balaban J connectivity index is 0.000000183. The molecule has 6 nitrogen and oxygen atoms in total. The lowest BCUT2D eigenvalue weighted by molar-refractivity contribution is -0.285.